The molecular formula is C17H19N5O2S. The molecule has 1 fully saturated rings. The normalized spacial score (nSPS) is 16.0. The van der Waals surface area contributed by atoms with Gasteiger partial charge in [0, 0.05) is 18.7 Å². The van der Waals surface area contributed by atoms with Crippen molar-refractivity contribution in [1.29, 1.82) is 0 Å². The van der Waals surface area contributed by atoms with Crippen LogP contribution in [0.2, 0.25) is 0 Å². The molecule has 3 heterocycles. The van der Waals surface area contributed by atoms with E-state index in [0.29, 0.717) is 0 Å². The number of ether oxygens (including phenoxy) is 2. The maximum atomic E-state index is 5.39. The highest BCUT2D eigenvalue weighted by Crippen LogP contribution is 2.22. The number of para-hydroxylation sites is 1. The highest BCUT2D eigenvalue weighted by molar-refractivity contribution is 7.17. The highest BCUT2D eigenvalue weighted by atomic mass is 32.1. The minimum Gasteiger partial charge on any atom is -0.496 e. The second kappa shape index (κ2) is 7.30. The molecule has 1 saturated heterocycles. The molecule has 0 atom stereocenters. The molecule has 7 nitrogen and oxygen atoms in total. The standard InChI is InChI=1S/C17H19N5O2S/c1-23-14-5-3-2-4-13(14)6-7-16-20-22-15(18-19-17(22)25-16)12-21-8-10-24-11-9-21/h2-7H,8-12H2,1H3/b7-6-. The fourth-order valence-corrected chi connectivity index (χ4v) is 3.52. The molecule has 2 aromatic heterocycles. The highest BCUT2D eigenvalue weighted by Gasteiger charge is 2.16. The van der Waals surface area contributed by atoms with E-state index >= 15 is 0 Å². The van der Waals surface area contributed by atoms with Gasteiger partial charge in [-0.15, -0.1) is 10.2 Å². The van der Waals surface area contributed by atoms with Gasteiger partial charge in [0.2, 0.25) is 4.96 Å². The molecule has 1 aliphatic heterocycles. The number of aromatic nitrogens is 4. The molecule has 130 valence electrons. The van der Waals surface area contributed by atoms with Gasteiger partial charge in [0.05, 0.1) is 26.9 Å². The Morgan fingerprint density at radius 3 is 2.88 bits per heavy atom. The lowest BCUT2D eigenvalue weighted by Crippen LogP contribution is -2.36. The van der Waals surface area contributed by atoms with Crippen molar-refractivity contribution in [2.24, 2.45) is 0 Å². The van der Waals surface area contributed by atoms with Crippen LogP contribution in [0.3, 0.4) is 0 Å². The number of nitrogens with zero attached hydrogens (tertiary/aromatic N) is 5. The van der Waals surface area contributed by atoms with Gasteiger partial charge in [-0.1, -0.05) is 29.5 Å². The molecule has 0 unspecified atom stereocenters. The van der Waals surface area contributed by atoms with Crippen LogP contribution in [0.4, 0.5) is 0 Å². The van der Waals surface area contributed by atoms with Gasteiger partial charge in [-0.05, 0) is 18.2 Å². The van der Waals surface area contributed by atoms with Gasteiger partial charge in [0.25, 0.3) is 0 Å². The van der Waals surface area contributed by atoms with E-state index in [2.05, 4.69) is 20.2 Å². The van der Waals surface area contributed by atoms with E-state index in [-0.39, 0.29) is 0 Å². The van der Waals surface area contributed by atoms with Crippen LogP contribution in [0.25, 0.3) is 17.1 Å². The van der Waals surface area contributed by atoms with Crippen molar-refractivity contribution in [2.75, 3.05) is 33.4 Å². The van der Waals surface area contributed by atoms with Crippen LogP contribution in [-0.2, 0) is 11.3 Å². The van der Waals surface area contributed by atoms with Crippen LogP contribution in [0.15, 0.2) is 24.3 Å². The summed E-state index contributed by atoms with van der Waals surface area (Å²) < 4.78 is 12.6. The van der Waals surface area contributed by atoms with Crippen LogP contribution >= 0.6 is 11.3 Å². The maximum absolute atomic E-state index is 5.39. The van der Waals surface area contributed by atoms with Gasteiger partial charge in [0.1, 0.15) is 10.8 Å². The zero-order valence-corrected chi connectivity index (χ0v) is 14.8. The quantitative estimate of drug-likeness (QED) is 0.697. The van der Waals surface area contributed by atoms with Crippen LogP contribution < -0.4 is 4.74 Å². The van der Waals surface area contributed by atoms with E-state index in [1.165, 1.54) is 11.3 Å². The molecule has 1 aliphatic rings. The Kier molecular flexibility index (Phi) is 4.73. The Morgan fingerprint density at radius 1 is 1.20 bits per heavy atom. The predicted octanol–water partition coefficient (Wildman–Crippen LogP) is 2.20. The SMILES string of the molecule is COc1ccccc1/C=C\c1nn2c(CN3CCOCC3)nnc2s1. The Bertz CT molecular complexity index is 882. The third kappa shape index (κ3) is 3.55. The molecule has 0 bridgehead atoms. The van der Waals surface area contributed by atoms with Crippen molar-refractivity contribution in [2.45, 2.75) is 6.54 Å². The van der Waals surface area contributed by atoms with Crippen molar-refractivity contribution in [3.05, 3.63) is 40.7 Å². The lowest BCUT2D eigenvalue weighted by atomic mass is 10.2. The van der Waals surface area contributed by atoms with Gasteiger partial charge in [-0.25, -0.2) is 0 Å². The Morgan fingerprint density at radius 2 is 2.04 bits per heavy atom. The number of rotatable bonds is 5. The minimum atomic E-state index is 0.740. The number of hydrogen-bond acceptors (Lipinski definition) is 7. The number of methoxy groups -OCH3 is 1. The molecule has 0 saturated carbocycles. The molecule has 4 rings (SSSR count). The number of fused-ring (bicyclic) bond motifs is 1. The molecule has 0 amide bonds. The summed E-state index contributed by atoms with van der Waals surface area (Å²) in [5.41, 5.74) is 1.02. The second-order valence-corrected chi connectivity index (χ2v) is 6.70. The first kappa shape index (κ1) is 16.2. The number of morpholine rings is 1. The first-order valence-corrected chi connectivity index (χ1v) is 8.97. The molecule has 0 radical (unpaired) electrons. The van der Waals surface area contributed by atoms with Gasteiger partial charge in [-0.2, -0.15) is 9.61 Å². The third-order valence-corrected chi connectivity index (χ3v) is 4.95. The monoisotopic (exact) mass is 357 g/mol. The van der Waals surface area contributed by atoms with Gasteiger partial charge in [0.15, 0.2) is 5.82 Å². The van der Waals surface area contributed by atoms with Crippen LogP contribution in [0.1, 0.15) is 16.4 Å². The largest absolute Gasteiger partial charge is 0.496 e. The van der Waals surface area contributed by atoms with E-state index in [9.17, 15) is 0 Å². The van der Waals surface area contributed by atoms with Crippen molar-refractivity contribution in [3.63, 3.8) is 0 Å². The fourth-order valence-electron chi connectivity index (χ4n) is 2.76. The van der Waals surface area contributed by atoms with Crippen molar-refractivity contribution < 1.29 is 9.47 Å². The summed E-state index contributed by atoms with van der Waals surface area (Å²) in [6.07, 6.45) is 3.99. The summed E-state index contributed by atoms with van der Waals surface area (Å²) in [4.78, 5) is 3.12. The summed E-state index contributed by atoms with van der Waals surface area (Å²) >= 11 is 1.52. The van der Waals surface area contributed by atoms with Crippen LogP contribution in [0, 0.1) is 0 Å². The average Bonchev–Trinajstić information content (AvgIpc) is 3.22. The molecule has 8 heteroatoms. The minimum absolute atomic E-state index is 0.740. The van der Waals surface area contributed by atoms with Gasteiger partial charge >= 0.3 is 0 Å². The topological polar surface area (TPSA) is 64.8 Å². The second-order valence-electron chi connectivity index (χ2n) is 5.71. The molecule has 0 aliphatic carbocycles. The zero-order valence-electron chi connectivity index (χ0n) is 14.0. The summed E-state index contributed by atoms with van der Waals surface area (Å²) in [5, 5.41) is 14.0. The number of hydrogen-bond donors (Lipinski definition) is 0. The molecule has 1 aromatic carbocycles. The van der Waals surface area contributed by atoms with Crippen molar-refractivity contribution >= 4 is 28.4 Å². The molecule has 25 heavy (non-hydrogen) atoms. The predicted molar refractivity (Wildman–Crippen MR) is 96.7 cm³/mol. The smallest absolute Gasteiger partial charge is 0.235 e. The third-order valence-electron chi connectivity index (χ3n) is 4.08. The van der Waals surface area contributed by atoms with E-state index < -0.39 is 0 Å². The van der Waals surface area contributed by atoms with E-state index in [4.69, 9.17) is 9.47 Å². The first-order valence-electron chi connectivity index (χ1n) is 8.16. The number of benzene rings is 1. The zero-order chi connectivity index (χ0) is 17.1. The van der Waals surface area contributed by atoms with Gasteiger partial charge in [-0.3, -0.25) is 4.90 Å². The summed E-state index contributed by atoms with van der Waals surface area (Å²) in [6, 6.07) is 7.90. The Hall–Kier alpha value is -2.29. The first-order chi connectivity index (χ1) is 12.3. The summed E-state index contributed by atoms with van der Waals surface area (Å²) in [5.74, 6) is 1.71. The van der Waals surface area contributed by atoms with Crippen LogP contribution in [-0.4, -0.2) is 58.1 Å². The Labute approximate surface area is 149 Å². The molecule has 0 N–H and O–H groups in total. The lowest BCUT2D eigenvalue weighted by molar-refractivity contribution is 0.0328. The lowest BCUT2D eigenvalue weighted by Gasteiger charge is -2.25. The molecule has 0 spiro atoms. The van der Waals surface area contributed by atoms with Gasteiger partial charge < -0.3 is 9.47 Å². The molecular weight excluding hydrogens is 338 g/mol. The van der Waals surface area contributed by atoms with E-state index in [0.717, 1.165) is 60.0 Å². The van der Waals surface area contributed by atoms with Crippen LogP contribution in [0.5, 0.6) is 5.75 Å². The van der Waals surface area contributed by atoms with Crippen molar-refractivity contribution in [1.82, 2.24) is 24.7 Å². The molecule has 3 aromatic rings. The van der Waals surface area contributed by atoms with Crippen molar-refractivity contribution in [3.8, 4) is 5.75 Å². The summed E-state index contributed by atoms with van der Waals surface area (Å²) in [6.45, 7) is 4.11. The van der Waals surface area contributed by atoms with E-state index in [1.54, 1.807) is 7.11 Å². The maximum Gasteiger partial charge on any atom is 0.235 e. The van der Waals surface area contributed by atoms with E-state index in [1.807, 2.05) is 40.9 Å². The Balaban J connectivity index is 1.54. The fraction of sp³-hybridized carbons (Fsp3) is 0.353. The summed E-state index contributed by atoms with van der Waals surface area (Å²) in [7, 11) is 1.67. The average molecular weight is 357 g/mol.